The molecule has 0 atom stereocenters. The molecule has 136 valence electrons. The number of esters is 1. The highest BCUT2D eigenvalue weighted by atomic mass is 16.5. The summed E-state index contributed by atoms with van der Waals surface area (Å²) in [5, 5.41) is 2.04. The third-order valence-corrected chi connectivity index (χ3v) is 3.18. The topological polar surface area (TPSA) is 104 Å². The molecule has 8 heteroatoms. The van der Waals surface area contributed by atoms with Crippen molar-refractivity contribution in [2.45, 2.75) is 0 Å². The van der Waals surface area contributed by atoms with Crippen LogP contribution in [-0.2, 0) is 14.3 Å². The Hall–Kier alpha value is -3.55. The number of hydrogen-bond donors (Lipinski definition) is 1. The monoisotopic (exact) mass is 359 g/mol. The first kappa shape index (κ1) is 18.8. The number of imide groups is 1. The van der Waals surface area contributed by atoms with E-state index in [1.807, 2.05) is 5.32 Å². The first-order valence-corrected chi connectivity index (χ1v) is 7.48. The van der Waals surface area contributed by atoms with Crippen molar-refractivity contribution in [3.63, 3.8) is 0 Å². The molecule has 2 aromatic rings. The predicted molar refractivity (Wildman–Crippen MR) is 90.7 cm³/mol. The second kappa shape index (κ2) is 9.07. The number of amides is 2. The molecule has 1 heterocycles. The molecule has 0 unspecified atom stereocenters. The first-order chi connectivity index (χ1) is 12.5. The van der Waals surface area contributed by atoms with E-state index >= 15 is 0 Å². The van der Waals surface area contributed by atoms with Gasteiger partial charge < -0.3 is 18.6 Å². The number of furan rings is 1. The standard InChI is InChI=1S/C18H17NO7/c1-23-13-6-7-14(24-2)12(10-13)5-8-17(21)26-11-16(20)19-18(22)15-4-3-9-25-15/h3-10H,11H2,1-2H3,(H,19,20,22)/b8-5+. The lowest BCUT2D eigenvalue weighted by molar-refractivity contribution is -0.143. The number of carbonyl (C=O) groups excluding carboxylic acids is 3. The second-order valence-electron chi connectivity index (χ2n) is 4.90. The fourth-order valence-corrected chi connectivity index (χ4v) is 1.94. The summed E-state index contributed by atoms with van der Waals surface area (Å²) in [6.07, 6.45) is 3.91. The van der Waals surface area contributed by atoms with Gasteiger partial charge >= 0.3 is 5.97 Å². The van der Waals surface area contributed by atoms with Crippen LogP contribution in [0.2, 0.25) is 0 Å². The molecule has 2 amide bonds. The lowest BCUT2D eigenvalue weighted by Gasteiger charge is -2.07. The lowest BCUT2D eigenvalue weighted by atomic mass is 10.1. The highest BCUT2D eigenvalue weighted by Gasteiger charge is 2.13. The third-order valence-electron chi connectivity index (χ3n) is 3.18. The van der Waals surface area contributed by atoms with Crippen LogP contribution in [0.15, 0.2) is 47.1 Å². The summed E-state index contributed by atoms with van der Waals surface area (Å²) >= 11 is 0. The van der Waals surface area contributed by atoms with Crippen LogP contribution in [0.1, 0.15) is 16.1 Å². The van der Waals surface area contributed by atoms with Crippen molar-refractivity contribution in [2.75, 3.05) is 20.8 Å². The zero-order valence-electron chi connectivity index (χ0n) is 14.2. The Morgan fingerprint density at radius 1 is 1.15 bits per heavy atom. The smallest absolute Gasteiger partial charge is 0.331 e. The Kier molecular flexibility index (Phi) is 6.55. The zero-order chi connectivity index (χ0) is 18.9. The molecule has 2 rings (SSSR count). The maximum absolute atomic E-state index is 11.7. The van der Waals surface area contributed by atoms with Crippen molar-refractivity contribution in [3.05, 3.63) is 54.0 Å². The maximum Gasteiger partial charge on any atom is 0.331 e. The summed E-state index contributed by atoms with van der Waals surface area (Å²) in [5.41, 5.74) is 0.598. The molecule has 0 aliphatic carbocycles. The minimum absolute atomic E-state index is 0.0188. The normalized spacial score (nSPS) is 10.4. The van der Waals surface area contributed by atoms with Gasteiger partial charge in [0, 0.05) is 11.6 Å². The molecule has 26 heavy (non-hydrogen) atoms. The molecular formula is C18H17NO7. The minimum atomic E-state index is -0.771. The van der Waals surface area contributed by atoms with Crippen LogP contribution in [0.4, 0.5) is 0 Å². The molecule has 0 saturated heterocycles. The molecule has 0 saturated carbocycles. The Balaban J connectivity index is 1.87. The van der Waals surface area contributed by atoms with Crippen LogP contribution in [-0.4, -0.2) is 38.6 Å². The van der Waals surface area contributed by atoms with Gasteiger partial charge in [0.25, 0.3) is 11.8 Å². The Morgan fingerprint density at radius 3 is 2.62 bits per heavy atom. The van der Waals surface area contributed by atoms with E-state index in [2.05, 4.69) is 0 Å². The van der Waals surface area contributed by atoms with E-state index in [9.17, 15) is 14.4 Å². The fraction of sp³-hybridized carbons (Fsp3) is 0.167. The van der Waals surface area contributed by atoms with Gasteiger partial charge in [-0.2, -0.15) is 0 Å². The molecule has 1 aromatic heterocycles. The van der Waals surface area contributed by atoms with E-state index in [0.29, 0.717) is 17.1 Å². The molecule has 0 bridgehead atoms. The van der Waals surface area contributed by atoms with Gasteiger partial charge in [0.15, 0.2) is 12.4 Å². The number of methoxy groups -OCH3 is 2. The van der Waals surface area contributed by atoms with E-state index in [0.717, 1.165) is 6.08 Å². The molecule has 1 N–H and O–H groups in total. The fourth-order valence-electron chi connectivity index (χ4n) is 1.94. The molecule has 0 radical (unpaired) electrons. The number of ether oxygens (including phenoxy) is 3. The molecule has 1 aromatic carbocycles. The summed E-state index contributed by atoms with van der Waals surface area (Å²) in [6.45, 7) is -0.606. The van der Waals surface area contributed by atoms with Crippen molar-refractivity contribution in [1.29, 1.82) is 0 Å². The van der Waals surface area contributed by atoms with Gasteiger partial charge in [-0.1, -0.05) is 0 Å². The van der Waals surface area contributed by atoms with E-state index in [-0.39, 0.29) is 5.76 Å². The van der Waals surface area contributed by atoms with Crippen LogP contribution in [0.25, 0.3) is 6.08 Å². The highest BCUT2D eigenvalue weighted by molar-refractivity contribution is 6.03. The van der Waals surface area contributed by atoms with Gasteiger partial charge in [-0.25, -0.2) is 4.79 Å². The van der Waals surface area contributed by atoms with Crippen LogP contribution in [0, 0.1) is 0 Å². The van der Waals surface area contributed by atoms with E-state index < -0.39 is 24.4 Å². The van der Waals surface area contributed by atoms with Crippen LogP contribution < -0.4 is 14.8 Å². The summed E-state index contributed by atoms with van der Waals surface area (Å²) < 4.78 is 19.9. The van der Waals surface area contributed by atoms with Crippen molar-refractivity contribution in [3.8, 4) is 11.5 Å². The number of benzene rings is 1. The van der Waals surface area contributed by atoms with Gasteiger partial charge in [0.1, 0.15) is 11.5 Å². The zero-order valence-corrected chi connectivity index (χ0v) is 14.2. The van der Waals surface area contributed by atoms with Crippen LogP contribution >= 0.6 is 0 Å². The maximum atomic E-state index is 11.7. The number of hydrogen-bond acceptors (Lipinski definition) is 7. The average molecular weight is 359 g/mol. The third kappa shape index (κ3) is 5.23. The Morgan fingerprint density at radius 2 is 1.96 bits per heavy atom. The van der Waals surface area contributed by atoms with Gasteiger partial charge in [-0.3, -0.25) is 14.9 Å². The van der Waals surface area contributed by atoms with E-state index in [1.165, 1.54) is 38.7 Å². The van der Waals surface area contributed by atoms with Gasteiger partial charge in [-0.15, -0.1) is 0 Å². The van der Waals surface area contributed by atoms with Gasteiger partial charge in [-0.05, 0) is 36.4 Å². The summed E-state index contributed by atoms with van der Waals surface area (Å²) in [7, 11) is 3.02. The minimum Gasteiger partial charge on any atom is -0.497 e. The van der Waals surface area contributed by atoms with Crippen LogP contribution in [0.5, 0.6) is 11.5 Å². The first-order valence-electron chi connectivity index (χ1n) is 7.48. The highest BCUT2D eigenvalue weighted by Crippen LogP contribution is 2.25. The van der Waals surface area contributed by atoms with Crippen molar-refractivity contribution >= 4 is 23.9 Å². The summed E-state index contributed by atoms with van der Waals surface area (Å²) in [4.78, 5) is 34.9. The van der Waals surface area contributed by atoms with Gasteiger partial charge in [0.05, 0.1) is 20.5 Å². The Bertz CT molecular complexity index is 809. The summed E-state index contributed by atoms with van der Waals surface area (Å²) in [5.74, 6) is -1.13. The quantitative estimate of drug-likeness (QED) is 0.594. The molecule has 0 spiro atoms. The van der Waals surface area contributed by atoms with E-state index in [1.54, 1.807) is 18.2 Å². The number of rotatable bonds is 7. The Labute approximate surface area is 149 Å². The van der Waals surface area contributed by atoms with Crippen molar-refractivity contribution in [2.24, 2.45) is 0 Å². The van der Waals surface area contributed by atoms with Gasteiger partial charge in [0.2, 0.25) is 0 Å². The molecular weight excluding hydrogens is 342 g/mol. The van der Waals surface area contributed by atoms with Crippen molar-refractivity contribution < 1.29 is 33.0 Å². The largest absolute Gasteiger partial charge is 0.497 e. The SMILES string of the molecule is COc1ccc(OC)c(/C=C/C(=O)OCC(=O)NC(=O)c2ccco2)c1. The molecule has 0 aliphatic rings. The number of nitrogens with one attached hydrogen (secondary N) is 1. The van der Waals surface area contributed by atoms with E-state index in [4.69, 9.17) is 18.6 Å². The molecule has 0 aliphatic heterocycles. The lowest BCUT2D eigenvalue weighted by Crippen LogP contribution is -2.33. The average Bonchev–Trinajstić information content (AvgIpc) is 3.19. The molecule has 0 fully saturated rings. The second-order valence-corrected chi connectivity index (χ2v) is 4.90. The number of carbonyl (C=O) groups is 3. The predicted octanol–water partition coefficient (Wildman–Crippen LogP) is 1.81. The summed E-state index contributed by atoms with van der Waals surface area (Å²) in [6, 6.07) is 8.00. The van der Waals surface area contributed by atoms with Crippen molar-refractivity contribution in [1.82, 2.24) is 5.32 Å². The molecule has 8 nitrogen and oxygen atoms in total. The van der Waals surface area contributed by atoms with Crippen LogP contribution in [0.3, 0.4) is 0 Å².